The van der Waals surface area contributed by atoms with Crippen molar-refractivity contribution >= 4 is 0 Å². The lowest BCUT2D eigenvalue weighted by molar-refractivity contribution is 0.530. The molecule has 2 rings (SSSR count). The number of nitrogens with zero attached hydrogens (tertiary/aromatic N) is 1. The van der Waals surface area contributed by atoms with Crippen LogP contribution in [-0.4, -0.2) is 4.98 Å². The molecule has 1 heteroatoms. The molecular formula is C14H25N. The van der Waals surface area contributed by atoms with Gasteiger partial charge in [0, 0.05) is 11.9 Å². The fourth-order valence-corrected chi connectivity index (χ4v) is 1.82. The molecule has 1 aliphatic rings. The quantitative estimate of drug-likeness (QED) is 0.613. The van der Waals surface area contributed by atoms with Crippen LogP contribution in [0.1, 0.15) is 58.7 Å². The summed E-state index contributed by atoms with van der Waals surface area (Å²) in [4.78, 5) is 4.36. The van der Waals surface area contributed by atoms with E-state index in [-0.39, 0.29) is 0 Å². The van der Waals surface area contributed by atoms with Crippen molar-refractivity contribution in [3.63, 3.8) is 0 Å². The fourth-order valence-electron chi connectivity index (χ4n) is 1.82. The van der Waals surface area contributed by atoms with Crippen molar-refractivity contribution in [3.05, 3.63) is 29.6 Å². The maximum Gasteiger partial charge on any atom is 0.0441 e. The van der Waals surface area contributed by atoms with Gasteiger partial charge in [-0.2, -0.15) is 0 Å². The van der Waals surface area contributed by atoms with E-state index in [1.54, 1.807) is 0 Å². The van der Waals surface area contributed by atoms with Crippen molar-refractivity contribution in [2.45, 2.75) is 53.9 Å². The summed E-state index contributed by atoms with van der Waals surface area (Å²) in [5.41, 5.74) is 2.77. The van der Waals surface area contributed by atoms with Crippen LogP contribution in [0.2, 0.25) is 0 Å². The molecule has 1 aliphatic carbocycles. The summed E-state index contributed by atoms with van der Waals surface area (Å²) in [7, 11) is 0. The Balaban J connectivity index is 0.000000442. The van der Waals surface area contributed by atoms with E-state index in [0.29, 0.717) is 5.92 Å². The summed E-state index contributed by atoms with van der Waals surface area (Å²) < 4.78 is 0. The predicted octanol–water partition coefficient (Wildman–Crippen LogP) is 4.43. The number of hydrogen-bond acceptors (Lipinski definition) is 1. The van der Waals surface area contributed by atoms with Gasteiger partial charge in [-0.3, -0.25) is 4.98 Å². The molecule has 86 valence electrons. The van der Waals surface area contributed by atoms with Gasteiger partial charge in [-0.25, -0.2) is 0 Å². The molecule has 1 aromatic heterocycles. The van der Waals surface area contributed by atoms with Crippen molar-refractivity contribution in [1.29, 1.82) is 0 Å². The first-order valence-electron chi connectivity index (χ1n) is 6.23. The molecule has 1 aromatic rings. The minimum Gasteiger partial charge on any atom is -0.261 e. The highest BCUT2D eigenvalue weighted by atomic mass is 14.7. The Bertz CT molecular complexity index is 268. The molecule has 0 aliphatic heterocycles. The van der Waals surface area contributed by atoms with Crippen LogP contribution in [0.15, 0.2) is 18.3 Å². The van der Waals surface area contributed by atoms with Gasteiger partial charge < -0.3 is 0 Å². The third kappa shape index (κ3) is 3.33. The number of rotatable bonds is 0. The van der Waals surface area contributed by atoms with Gasteiger partial charge in [-0.15, -0.1) is 0 Å². The third-order valence-corrected chi connectivity index (χ3v) is 2.78. The smallest absolute Gasteiger partial charge is 0.0441 e. The van der Waals surface area contributed by atoms with Gasteiger partial charge in [-0.1, -0.05) is 47.6 Å². The summed E-state index contributed by atoms with van der Waals surface area (Å²) in [6.45, 7) is 12.6. The standard InChI is InChI=1S/C10H13N.2C2H6/c1-7-6-10-9(8(7)2)4-3-5-11-10;2*1-2/h3-5,7-8H,6H2,1-2H3;2*1-2H3. The van der Waals surface area contributed by atoms with Gasteiger partial charge >= 0.3 is 0 Å². The first kappa shape index (κ1) is 14.2. The lowest BCUT2D eigenvalue weighted by Gasteiger charge is -2.07. The number of pyridine rings is 1. The molecule has 0 fully saturated rings. The van der Waals surface area contributed by atoms with E-state index in [1.165, 1.54) is 11.3 Å². The van der Waals surface area contributed by atoms with Crippen molar-refractivity contribution < 1.29 is 0 Å². The van der Waals surface area contributed by atoms with Gasteiger partial charge in [-0.05, 0) is 29.9 Å². The van der Waals surface area contributed by atoms with E-state index in [1.807, 2.05) is 40.0 Å². The molecule has 0 N–H and O–H groups in total. The number of aromatic nitrogens is 1. The molecule has 0 saturated carbocycles. The molecule has 0 bridgehead atoms. The van der Waals surface area contributed by atoms with Crippen molar-refractivity contribution in [1.82, 2.24) is 4.98 Å². The van der Waals surface area contributed by atoms with Crippen molar-refractivity contribution in [3.8, 4) is 0 Å². The number of hydrogen-bond donors (Lipinski definition) is 0. The molecule has 0 aromatic carbocycles. The fraction of sp³-hybridized carbons (Fsp3) is 0.643. The van der Waals surface area contributed by atoms with E-state index in [4.69, 9.17) is 0 Å². The molecule has 0 radical (unpaired) electrons. The lowest BCUT2D eigenvalue weighted by Crippen LogP contribution is -1.97. The van der Waals surface area contributed by atoms with Crippen LogP contribution < -0.4 is 0 Å². The van der Waals surface area contributed by atoms with Crippen LogP contribution in [0.4, 0.5) is 0 Å². The molecule has 1 nitrogen and oxygen atoms in total. The van der Waals surface area contributed by atoms with Crippen LogP contribution in [0.25, 0.3) is 0 Å². The highest BCUT2D eigenvalue weighted by Crippen LogP contribution is 2.35. The molecule has 2 atom stereocenters. The maximum atomic E-state index is 4.36. The molecule has 0 spiro atoms. The summed E-state index contributed by atoms with van der Waals surface area (Å²) >= 11 is 0. The molecular weight excluding hydrogens is 182 g/mol. The predicted molar refractivity (Wildman–Crippen MR) is 68.2 cm³/mol. The minimum absolute atomic E-state index is 0.707. The molecule has 2 unspecified atom stereocenters. The third-order valence-electron chi connectivity index (χ3n) is 2.78. The highest BCUT2D eigenvalue weighted by molar-refractivity contribution is 5.29. The van der Waals surface area contributed by atoms with Gasteiger partial charge in [0.2, 0.25) is 0 Å². The first-order chi connectivity index (χ1) is 7.29. The van der Waals surface area contributed by atoms with Gasteiger partial charge in [0.15, 0.2) is 0 Å². The lowest BCUT2D eigenvalue weighted by atomic mass is 9.97. The van der Waals surface area contributed by atoms with Crippen LogP contribution in [0.3, 0.4) is 0 Å². The largest absolute Gasteiger partial charge is 0.261 e. The second-order valence-corrected chi connectivity index (χ2v) is 3.51. The first-order valence-corrected chi connectivity index (χ1v) is 6.23. The van der Waals surface area contributed by atoms with E-state index in [2.05, 4.69) is 24.9 Å². The normalized spacial score (nSPS) is 21.7. The summed E-state index contributed by atoms with van der Waals surface area (Å²) in [5, 5.41) is 0. The zero-order valence-electron chi connectivity index (χ0n) is 11.0. The average Bonchev–Trinajstić information content (AvgIpc) is 2.61. The summed E-state index contributed by atoms with van der Waals surface area (Å²) in [6.07, 6.45) is 3.06. The zero-order valence-corrected chi connectivity index (χ0v) is 11.0. The molecule has 0 saturated heterocycles. The van der Waals surface area contributed by atoms with E-state index in [9.17, 15) is 0 Å². The number of fused-ring (bicyclic) bond motifs is 1. The summed E-state index contributed by atoms with van der Waals surface area (Å²) in [5.74, 6) is 1.48. The highest BCUT2D eigenvalue weighted by Gasteiger charge is 2.25. The van der Waals surface area contributed by atoms with Crippen LogP contribution in [0, 0.1) is 5.92 Å². The second-order valence-electron chi connectivity index (χ2n) is 3.51. The monoisotopic (exact) mass is 207 g/mol. The Kier molecular flexibility index (Phi) is 7.02. The summed E-state index contributed by atoms with van der Waals surface area (Å²) in [6, 6.07) is 4.24. The van der Waals surface area contributed by atoms with Gasteiger partial charge in [0.05, 0.1) is 0 Å². The van der Waals surface area contributed by atoms with Crippen LogP contribution in [-0.2, 0) is 6.42 Å². The molecule has 15 heavy (non-hydrogen) atoms. The van der Waals surface area contributed by atoms with Crippen LogP contribution in [0.5, 0.6) is 0 Å². The molecule has 0 amide bonds. The van der Waals surface area contributed by atoms with E-state index < -0.39 is 0 Å². The van der Waals surface area contributed by atoms with Crippen LogP contribution >= 0.6 is 0 Å². The Hall–Kier alpha value is -0.850. The van der Waals surface area contributed by atoms with Gasteiger partial charge in [0.1, 0.15) is 0 Å². The maximum absolute atomic E-state index is 4.36. The second kappa shape index (κ2) is 7.44. The Morgan fingerprint density at radius 3 is 2.27 bits per heavy atom. The SMILES string of the molecule is CC.CC.CC1Cc2ncccc2C1C. The van der Waals surface area contributed by atoms with Gasteiger partial charge in [0.25, 0.3) is 0 Å². The van der Waals surface area contributed by atoms with Crippen molar-refractivity contribution in [2.24, 2.45) is 5.92 Å². The Morgan fingerprint density at radius 2 is 1.73 bits per heavy atom. The van der Waals surface area contributed by atoms with E-state index in [0.717, 1.165) is 12.3 Å². The Morgan fingerprint density at radius 1 is 1.13 bits per heavy atom. The minimum atomic E-state index is 0.707. The average molecular weight is 207 g/mol. The topological polar surface area (TPSA) is 12.9 Å². The molecule has 1 heterocycles. The zero-order chi connectivity index (χ0) is 11.8. The Labute approximate surface area is 94.9 Å². The van der Waals surface area contributed by atoms with Crippen molar-refractivity contribution in [2.75, 3.05) is 0 Å². The van der Waals surface area contributed by atoms with E-state index >= 15 is 0 Å².